The van der Waals surface area contributed by atoms with Crippen LogP contribution in [0.5, 0.6) is 0 Å². The summed E-state index contributed by atoms with van der Waals surface area (Å²) in [6.07, 6.45) is 1.80. The van der Waals surface area contributed by atoms with Crippen LogP contribution in [0.2, 0.25) is 0 Å². The number of allylic oxidation sites excluding steroid dienone is 1. The summed E-state index contributed by atoms with van der Waals surface area (Å²) in [5, 5.41) is 0. The van der Waals surface area contributed by atoms with Crippen molar-refractivity contribution >= 4 is 17.4 Å². The largest absolute Gasteiger partial charge is 0.347 e. The molecule has 25 heavy (non-hydrogen) atoms. The van der Waals surface area contributed by atoms with Gasteiger partial charge in [-0.1, -0.05) is 32.0 Å². The molecule has 1 saturated heterocycles. The average molecular weight is 341 g/mol. The van der Waals surface area contributed by atoms with Crippen molar-refractivity contribution in [3.05, 3.63) is 41.6 Å². The number of ketones is 1. The maximum atomic E-state index is 12.6. The van der Waals surface area contributed by atoms with Crippen molar-refractivity contribution in [2.75, 3.05) is 44.7 Å². The Kier molecular flexibility index (Phi) is 4.69. The molecule has 1 aromatic carbocycles. The van der Waals surface area contributed by atoms with Gasteiger partial charge in [0.25, 0.3) is 0 Å². The van der Waals surface area contributed by atoms with E-state index in [1.54, 1.807) is 13.0 Å². The first-order chi connectivity index (χ1) is 11.8. The van der Waals surface area contributed by atoms with E-state index in [0.717, 1.165) is 18.8 Å². The number of hydrogen-bond donors (Lipinski definition) is 0. The average Bonchev–Trinajstić information content (AvgIpc) is 2.77. The van der Waals surface area contributed by atoms with Gasteiger partial charge in [-0.25, -0.2) is 0 Å². The smallest absolute Gasteiger partial charge is 0.219 e. The molecule has 0 radical (unpaired) electrons. The van der Waals surface area contributed by atoms with Gasteiger partial charge in [0.1, 0.15) is 0 Å². The number of likely N-dealkylation sites (N-methyl/N-ethyl adjacent to an activating group) is 1. The number of benzene rings is 1. The Balaban J connectivity index is 1.69. The van der Waals surface area contributed by atoms with Gasteiger partial charge >= 0.3 is 0 Å². The lowest BCUT2D eigenvalue weighted by molar-refractivity contribution is -0.130. The minimum atomic E-state index is -0.172. The lowest BCUT2D eigenvalue weighted by Gasteiger charge is -2.33. The number of carbonyl (C=O) groups excluding carboxylic acids is 2. The maximum absolute atomic E-state index is 12.6. The molecule has 5 nitrogen and oxygen atoms in total. The van der Waals surface area contributed by atoms with Gasteiger partial charge in [-0.15, -0.1) is 0 Å². The zero-order valence-corrected chi connectivity index (χ0v) is 15.6. The van der Waals surface area contributed by atoms with Crippen molar-refractivity contribution in [2.24, 2.45) is 0 Å². The van der Waals surface area contributed by atoms with Crippen molar-refractivity contribution in [1.82, 2.24) is 9.80 Å². The highest BCUT2D eigenvalue weighted by Crippen LogP contribution is 2.46. The summed E-state index contributed by atoms with van der Waals surface area (Å²) < 4.78 is 0. The van der Waals surface area contributed by atoms with E-state index in [1.807, 2.05) is 24.1 Å². The quantitative estimate of drug-likeness (QED) is 0.789. The first-order valence-corrected chi connectivity index (χ1v) is 8.87. The second kappa shape index (κ2) is 6.64. The number of anilines is 1. The number of piperazine rings is 1. The Morgan fingerprint density at radius 2 is 1.76 bits per heavy atom. The summed E-state index contributed by atoms with van der Waals surface area (Å²) in [4.78, 5) is 30.1. The molecule has 2 aliphatic rings. The van der Waals surface area contributed by atoms with Crippen molar-refractivity contribution in [2.45, 2.75) is 26.2 Å². The monoisotopic (exact) mass is 341 g/mol. The molecular formula is C20H27N3O2. The van der Waals surface area contributed by atoms with E-state index in [0.29, 0.717) is 19.6 Å². The van der Waals surface area contributed by atoms with Crippen molar-refractivity contribution in [3.8, 4) is 0 Å². The van der Waals surface area contributed by atoms with E-state index >= 15 is 0 Å². The molecule has 3 rings (SSSR count). The molecule has 0 aliphatic carbocycles. The molecule has 1 fully saturated rings. The van der Waals surface area contributed by atoms with Gasteiger partial charge in [0.2, 0.25) is 5.91 Å². The van der Waals surface area contributed by atoms with Crippen LogP contribution >= 0.6 is 0 Å². The van der Waals surface area contributed by atoms with Crippen molar-refractivity contribution < 1.29 is 9.59 Å². The fourth-order valence-corrected chi connectivity index (χ4v) is 3.90. The van der Waals surface area contributed by atoms with Gasteiger partial charge < -0.3 is 9.80 Å². The second-order valence-corrected chi connectivity index (χ2v) is 7.48. The van der Waals surface area contributed by atoms with Crippen LogP contribution < -0.4 is 4.90 Å². The summed E-state index contributed by atoms with van der Waals surface area (Å²) in [6, 6.07) is 8.32. The summed E-state index contributed by atoms with van der Waals surface area (Å²) in [5.41, 5.74) is 3.29. The molecule has 0 aromatic heterocycles. The van der Waals surface area contributed by atoms with E-state index < -0.39 is 0 Å². The Morgan fingerprint density at radius 3 is 2.36 bits per heavy atom. The number of rotatable bonds is 3. The van der Waals surface area contributed by atoms with Gasteiger partial charge in [0.05, 0.1) is 6.54 Å². The SMILES string of the molecule is CC(=O)N1CCN(CC(=O)/C=C2\N(C)c3ccccc3C2(C)C)CC1. The predicted octanol–water partition coefficient (Wildman–Crippen LogP) is 2.03. The molecule has 1 aromatic rings. The lowest BCUT2D eigenvalue weighted by Crippen LogP contribution is -2.49. The summed E-state index contributed by atoms with van der Waals surface area (Å²) >= 11 is 0. The first kappa shape index (κ1) is 17.7. The van der Waals surface area contributed by atoms with Crippen LogP contribution in [0.25, 0.3) is 0 Å². The fourth-order valence-electron chi connectivity index (χ4n) is 3.90. The van der Waals surface area contributed by atoms with E-state index in [2.05, 4.69) is 35.8 Å². The maximum Gasteiger partial charge on any atom is 0.219 e. The zero-order valence-electron chi connectivity index (χ0n) is 15.6. The van der Waals surface area contributed by atoms with Gasteiger partial charge in [-0.2, -0.15) is 0 Å². The summed E-state index contributed by atoms with van der Waals surface area (Å²) in [6.45, 7) is 9.27. The molecule has 0 unspecified atom stereocenters. The van der Waals surface area contributed by atoms with Crippen LogP contribution in [0.3, 0.4) is 0 Å². The molecule has 5 heteroatoms. The molecule has 2 heterocycles. The Morgan fingerprint density at radius 1 is 1.12 bits per heavy atom. The normalized spacial score (nSPS) is 21.5. The van der Waals surface area contributed by atoms with E-state index in [1.165, 1.54) is 11.3 Å². The predicted molar refractivity (Wildman–Crippen MR) is 99.7 cm³/mol. The van der Waals surface area contributed by atoms with Crippen LogP contribution in [0.1, 0.15) is 26.3 Å². The highest BCUT2D eigenvalue weighted by molar-refractivity contribution is 5.94. The number of hydrogen-bond acceptors (Lipinski definition) is 4. The van der Waals surface area contributed by atoms with Gasteiger partial charge in [-0.3, -0.25) is 14.5 Å². The second-order valence-electron chi connectivity index (χ2n) is 7.48. The molecule has 0 bridgehead atoms. The third kappa shape index (κ3) is 3.33. The number of para-hydroxylation sites is 1. The number of fused-ring (bicyclic) bond motifs is 1. The molecule has 0 atom stereocenters. The molecule has 2 aliphatic heterocycles. The minimum Gasteiger partial charge on any atom is -0.347 e. The highest BCUT2D eigenvalue weighted by atomic mass is 16.2. The van der Waals surface area contributed by atoms with Crippen LogP contribution in [0, 0.1) is 0 Å². The van der Waals surface area contributed by atoms with Crippen molar-refractivity contribution in [3.63, 3.8) is 0 Å². The summed E-state index contributed by atoms with van der Waals surface area (Å²) in [5.74, 6) is 0.235. The third-order valence-electron chi connectivity index (χ3n) is 5.44. The first-order valence-electron chi connectivity index (χ1n) is 8.87. The molecule has 0 saturated carbocycles. The molecule has 1 amide bonds. The summed E-state index contributed by atoms with van der Waals surface area (Å²) in [7, 11) is 2.03. The van der Waals surface area contributed by atoms with Gasteiger partial charge in [0, 0.05) is 63.0 Å². The Hall–Kier alpha value is -2.14. The fraction of sp³-hybridized carbons (Fsp3) is 0.500. The molecule has 0 N–H and O–H groups in total. The number of carbonyl (C=O) groups is 2. The number of amides is 1. The highest BCUT2D eigenvalue weighted by Gasteiger charge is 2.38. The van der Waals surface area contributed by atoms with Crippen LogP contribution in [0.4, 0.5) is 5.69 Å². The molecular weight excluding hydrogens is 314 g/mol. The molecule has 134 valence electrons. The number of nitrogens with zero attached hydrogens (tertiary/aromatic N) is 3. The topological polar surface area (TPSA) is 43.9 Å². The minimum absolute atomic E-state index is 0.111. The Labute approximate surface area is 149 Å². The molecule has 0 spiro atoms. The lowest BCUT2D eigenvalue weighted by atomic mass is 9.83. The van der Waals surface area contributed by atoms with Crippen LogP contribution in [-0.2, 0) is 15.0 Å². The zero-order chi connectivity index (χ0) is 18.2. The third-order valence-corrected chi connectivity index (χ3v) is 5.44. The van der Waals surface area contributed by atoms with Crippen LogP contribution in [-0.4, -0.2) is 61.3 Å². The van der Waals surface area contributed by atoms with Gasteiger partial charge in [0.15, 0.2) is 5.78 Å². The Bertz CT molecular complexity index is 715. The standard InChI is InChI=1S/C20H27N3O2/c1-15(24)23-11-9-22(10-12-23)14-16(25)13-19-20(2,3)17-7-5-6-8-18(17)21(19)4/h5-8,13H,9-12,14H2,1-4H3/b19-13-. The van der Waals surface area contributed by atoms with Crippen molar-refractivity contribution in [1.29, 1.82) is 0 Å². The van der Waals surface area contributed by atoms with E-state index in [4.69, 9.17) is 0 Å². The van der Waals surface area contributed by atoms with Gasteiger partial charge in [-0.05, 0) is 11.6 Å². The van der Waals surface area contributed by atoms with Crippen LogP contribution in [0.15, 0.2) is 36.0 Å². The van der Waals surface area contributed by atoms with E-state index in [9.17, 15) is 9.59 Å². The van der Waals surface area contributed by atoms with E-state index in [-0.39, 0.29) is 17.1 Å².